The number of hydrogen-bond acceptors (Lipinski definition) is 3. The van der Waals surface area contributed by atoms with Crippen molar-refractivity contribution in [3.8, 4) is 0 Å². The van der Waals surface area contributed by atoms with Crippen molar-refractivity contribution in [3.63, 3.8) is 0 Å². The van der Waals surface area contributed by atoms with Crippen LogP contribution in [0.15, 0.2) is 23.1 Å². The van der Waals surface area contributed by atoms with E-state index in [9.17, 15) is 18.3 Å². The summed E-state index contributed by atoms with van der Waals surface area (Å²) in [6, 6.07) is 5.00. The number of carboxylic acids is 1. The molecule has 1 fully saturated rings. The summed E-state index contributed by atoms with van der Waals surface area (Å²) in [5.41, 5.74) is 1.57. The minimum Gasteiger partial charge on any atom is -0.480 e. The Morgan fingerprint density at radius 1 is 1.37 bits per heavy atom. The summed E-state index contributed by atoms with van der Waals surface area (Å²) in [5, 5.41) is 9.42. The van der Waals surface area contributed by atoms with E-state index in [4.69, 9.17) is 0 Å². The van der Waals surface area contributed by atoms with Crippen LogP contribution < -0.4 is 0 Å². The van der Waals surface area contributed by atoms with Gasteiger partial charge in [-0.1, -0.05) is 24.6 Å². The fourth-order valence-electron chi connectivity index (χ4n) is 2.82. The van der Waals surface area contributed by atoms with Gasteiger partial charge in [0.15, 0.2) is 14.6 Å². The molecule has 1 aromatic rings. The van der Waals surface area contributed by atoms with Gasteiger partial charge in [-0.05, 0) is 44.2 Å². The van der Waals surface area contributed by atoms with E-state index in [1.165, 1.54) is 6.07 Å². The maximum absolute atomic E-state index is 12.7. The lowest BCUT2D eigenvalue weighted by atomic mass is 9.74. The molecule has 4 nitrogen and oxygen atoms in total. The summed E-state index contributed by atoms with van der Waals surface area (Å²) in [5.74, 6) is -1.58. The van der Waals surface area contributed by atoms with Crippen molar-refractivity contribution < 1.29 is 18.3 Å². The fourth-order valence-corrected chi connectivity index (χ4v) is 5.21. The quantitative estimate of drug-likeness (QED) is 0.923. The topological polar surface area (TPSA) is 71.4 Å². The number of rotatable bonds is 3. The molecule has 1 aliphatic rings. The predicted octanol–water partition coefficient (Wildman–Crippen LogP) is 2.33. The Hall–Kier alpha value is -1.36. The molecule has 2 unspecified atom stereocenters. The van der Waals surface area contributed by atoms with Gasteiger partial charge in [-0.25, -0.2) is 8.42 Å². The number of carboxylic acid groups (broad SMARTS) is 1. The van der Waals surface area contributed by atoms with Gasteiger partial charge in [0.05, 0.1) is 4.90 Å². The van der Waals surface area contributed by atoms with Crippen molar-refractivity contribution in [2.45, 2.75) is 43.3 Å². The van der Waals surface area contributed by atoms with Crippen molar-refractivity contribution in [2.24, 2.45) is 5.92 Å². The van der Waals surface area contributed by atoms with Gasteiger partial charge in [0.1, 0.15) is 0 Å². The molecule has 0 amide bonds. The Bertz CT molecular complexity index is 633. The number of aryl methyl sites for hydroxylation is 2. The Labute approximate surface area is 113 Å². The number of carbonyl (C=O) groups is 1. The smallest absolute Gasteiger partial charge is 0.325 e. The molecule has 0 radical (unpaired) electrons. The molecular formula is C14H18O4S. The van der Waals surface area contributed by atoms with E-state index in [0.29, 0.717) is 12.0 Å². The average molecular weight is 282 g/mol. The highest BCUT2D eigenvalue weighted by atomic mass is 32.2. The van der Waals surface area contributed by atoms with Crippen LogP contribution in [-0.2, 0) is 14.6 Å². The van der Waals surface area contributed by atoms with Gasteiger partial charge in [-0.15, -0.1) is 0 Å². The molecule has 2 atom stereocenters. The zero-order valence-corrected chi connectivity index (χ0v) is 12.1. The lowest BCUT2D eigenvalue weighted by molar-refractivity contribution is -0.144. The minimum atomic E-state index is -3.86. The molecule has 1 N–H and O–H groups in total. The maximum Gasteiger partial charge on any atom is 0.325 e. The molecule has 2 rings (SSSR count). The number of aliphatic carboxylic acids is 1. The van der Waals surface area contributed by atoms with Crippen LogP contribution in [0.2, 0.25) is 0 Å². The third-order valence-corrected chi connectivity index (χ3v) is 6.98. The first-order valence-corrected chi connectivity index (χ1v) is 7.77. The Balaban J connectivity index is 2.62. The zero-order chi connectivity index (χ0) is 14.4. The molecule has 0 spiro atoms. The molecule has 19 heavy (non-hydrogen) atoms. The molecule has 0 aliphatic heterocycles. The normalized spacial score (nSPS) is 26.8. The third kappa shape index (κ3) is 1.79. The molecule has 1 aliphatic carbocycles. The van der Waals surface area contributed by atoms with Gasteiger partial charge >= 0.3 is 5.97 Å². The first-order chi connectivity index (χ1) is 8.73. The average Bonchev–Trinajstić information content (AvgIpc) is 2.25. The van der Waals surface area contributed by atoms with E-state index in [1.54, 1.807) is 26.0 Å². The molecule has 0 heterocycles. The molecule has 0 aromatic heterocycles. The molecular weight excluding hydrogens is 264 g/mol. The maximum atomic E-state index is 12.7. The van der Waals surface area contributed by atoms with Gasteiger partial charge in [0.25, 0.3) is 0 Å². The second-order valence-corrected chi connectivity index (χ2v) is 7.58. The van der Waals surface area contributed by atoms with Crippen LogP contribution in [0, 0.1) is 19.8 Å². The molecule has 1 aromatic carbocycles. The summed E-state index contributed by atoms with van der Waals surface area (Å²) in [6.07, 6.45) is 0.829. The van der Waals surface area contributed by atoms with Crippen molar-refractivity contribution >= 4 is 15.8 Å². The summed E-state index contributed by atoms with van der Waals surface area (Å²) in [6.45, 7) is 5.28. The van der Waals surface area contributed by atoms with Crippen LogP contribution >= 0.6 is 0 Å². The SMILES string of the molecule is Cc1ccc(S(=O)(=O)C2(C(=O)O)CCC2C)c(C)c1. The van der Waals surface area contributed by atoms with E-state index in [2.05, 4.69) is 0 Å². The molecule has 1 saturated carbocycles. The van der Waals surface area contributed by atoms with Crippen molar-refractivity contribution in [2.75, 3.05) is 0 Å². The van der Waals surface area contributed by atoms with Crippen LogP contribution in [0.4, 0.5) is 0 Å². The first kappa shape index (κ1) is 14.1. The number of sulfone groups is 1. The van der Waals surface area contributed by atoms with E-state index in [0.717, 1.165) is 5.56 Å². The van der Waals surface area contributed by atoms with Gasteiger partial charge < -0.3 is 5.11 Å². The van der Waals surface area contributed by atoms with Crippen molar-refractivity contribution in [1.29, 1.82) is 0 Å². The summed E-state index contributed by atoms with van der Waals surface area (Å²) in [4.78, 5) is 11.7. The molecule has 5 heteroatoms. The van der Waals surface area contributed by atoms with Gasteiger partial charge in [-0.3, -0.25) is 4.79 Å². The monoisotopic (exact) mass is 282 g/mol. The second kappa shape index (κ2) is 4.34. The van der Waals surface area contributed by atoms with E-state index >= 15 is 0 Å². The Morgan fingerprint density at radius 3 is 2.37 bits per heavy atom. The van der Waals surface area contributed by atoms with Gasteiger partial charge in [0.2, 0.25) is 0 Å². The largest absolute Gasteiger partial charge is 0.480 e. The van der Waals surface area contributed by atoms with Crippen LogP contribution in [0.5, 0.6) is 0 Å². The predicted molar refractivity (Wildman–Crippen MR) is 71.9 cm³/mol. The number of hydrogen-bond donors (Lipinski definition) is 1. The first-order valence-electron chi connectivity index (χ1n) is 6.29. The Morgan fingerprint density at radius 2 is 2.00 bits per heavy atom. The molecule has 0 bridgehead atoms. The highest BCUT2D eigenvalue weighted by molar-refractivity contribution is 7.93. The van der Waals surface area contributed by atoms with Crippen LogP contribution in [0.1, 0.15) is 30.9 Å². The summed E-state index contributed by atoms with van der Waals surface area (Å²) < 4.78 is 23.8. The lowest BCUT2D eigenvalue weighted by Crippen LogP contribution is -2.58. The zero-order valence-electron chi connectivity index (χ0n) is 11.3. The highest BCUT2D eigenvalue weighted by Gasteiger charge is 2.61. The van der Waals surface area contributed by atoms with Crippen LogP contribution in [0.3, 0.4) is 0 Å². The van der Waals surface area contributed by atoms with Crippen LogP contribution in [0.25, 0.3) is 0 Å². The second-order valence-electron chi connectivity index (χ2n) is 5.41. The van der Waals surface area contributed by atoms with E-state index < -0.39 is 20.6 Å². The van der Waals surface area contributed by atoms with Crippen LogP contribution in [-0.4, -0.2) is 24.2 Å². The van der Waals surface area contributed by atoms with Crippen molar-refractivity contribution in [3.05, 3.63) is 29.3 Å². The highest BCUT2D eigenvalue weighted by Crippen LogP contribution is 2.48. The minimum absolute atomic E-state index is 0.145. The summed E-state index contributed by atoms with van der Waals surface area (Å²) in [7, 11) is -3.86. The fraction of sp³-hybridized carbons (Fsp3) is 0.500. The third-order valence-electron chi connectivity index (χ3n) is 4.21. The van der Waals surface area contributed by atoms with Gasteiger partial charge in [-0.2, -0.15) is 0 Å². The molecule has 0 saturated heterocycles. The van der Waals surface area contributed by atoms with E-state index in [-0.39, 0.29) is 17.2 Å². The summed E-state index contributed by atoms with van der Waals surface area (Å²) >= 11 is 0. The molecule has 104 valence electrons. The lowest BCUT2D eigenvalue weighted by Gasteiger charge is -2.43. The Kier molecular flexibility index (Phi) is 3.21. The van der Waals surface area contributed by atoms with Gasteiger partial charge in [0, 0.05) is 0 Å². The van der Waals surface area contributed by atoms with Crippen molar-refractivity contribution in [1.82, 2.24) is 0 Å². The number of benzene rings is 1. The standard InChI is InChI=1S/C14H18O4S/c1-9-4-5-12(10(2)8-9)19(17,18)14(13(15)16)7-6-11(14)3/h4-5,8,11H,6-7H2,1-3H3,(H,15,16). The van der Waals surface area contributed by atoms with E-state index in [1.807, 2.05) is 6.92 Å².